The van der Waals surface area contributed by atoms with Crippen LogP contribution in [-0.4, -0.2) is 22.4 Å². The molecule has 0 aliphatic rings. The van der Waals surface area contributed by atoms with E-state index in [2.05, 4.69) is 20.0 Å². The van der Waals surface area contributed by atoms with E-state index in [0.29, 0.717) is 10.0 Å². The van der Waals surface area contributed by atoms with Crippen LogP contribution in [-0.2, 0) is 6.42 Å². The first kappa shape index (κ1) is 19.9. The van der Waals surface area contributed by atoms with Gasteiger partial charge in [0.2, 0.25) is 10.3 Å². The van der Waals surface area contributed by atoms with E-state index in [9.17, 15) is 0 Å². The maximum Gasteiger partial charge on any atom is 0.209 e. The molecule has 0 saturated heterocycles. The highest BCUT2D eigenvalue weighted by atomic mass is 35.5. The van der Waals surface area contributed by atoms with Gasteiger partial charge in [-0.2, -0.15) is 0 Å². The molecule has 8 heteroatoms. The Labute approximate surface area is 186 Å². The lowest BCUT2D eigenvalue weighted by molar-refractivity contribution is 1.23. The minimum absolute atomic E-state index is 0.708. The molecule has 144 valence electrons. The van der Waals surface area contributed by atoms with Gasteiger partial charge in [-0.25, -0.2) is 20.0 Å². The lowest BCUT2D eigenvalue weighted by atomic mass is 10.2. The van der Waals surface area contributed by atoms with Crippen molar-refractivity contribution in [1.29, 1.82) is 0 Å². The summed E-state index contributed by atoms with van der Waals surface area (Å²) in [6, 6.07) is 15.0. The largest absolute Gasteiger partial charge is 0.227 e. The van der Waals surface area contributed by atoms with E-state index in [4.69, 9.17) is 23.2 Å². The molecule has 2 aromatic heterocycles. The summed E-state index contributed by atoms with van der Waals surface area (Å²) in [4.78, 5) is 19.9. The Bertz CT molecular complexity index is 1050. The van der Waals surface area contributed by atoms with Crippen molar-refractivity contribution >= 4 is 68.6 Å². The molecule has 0 aliphatic carbocycles. The van der Waals surface area contributed by atoms with Gasteiger partial charge in [0.1, 0.15) is 0 Å². The summed E-state index contributed by atoms with van der Waals surface area (Å²) in [5, 5.41) is 2.86. The third kappa shape index (κ3) is 5.81. The van der Waals surface area contributed by atoms with Crippen molar-refractivity contribution in [2.75, 3.05) is 0 Å². The molecule has 0 bridgehead atoms. The SMILES string of the molecule is Clc1ccc(/C=N/c2ncc(Cc3cnc(/N=C/c4ccc(Cl)cc4)s3)s2)cc1. The van der Waals surface area contributed by atoms with E-state index < -0.39 is 0 Å². The summed E-state index contributed by atoms with van der Waals surface area (Å²) in [6.07, 6.45) is 8.05. The first-order valence-corrected chi connectivity index (χ1v) is 11.0. The first-order chi connectivity index (χ1) is 14.1. The van der Waals surface area contributed by atoms with Crippen molar-refractivity contribution < 1.29 is 0 Å². The molecule has 0 radical (unpaired) electrons. The molecule has 0 atom stereocenters. The van der Waals surface area contributed by atoms with Crippen LogP contribution in [0.5, 0.6) is 0 Å². The Balaban J connectivity index is 1.37. The number of hydrogen-bond acceptors (Lipinski definition) is 6. The standard InChI is InChI=1S/C21H14Cl2N4S2/c22-16-5-1-14(2-6-16)10-24-20-26-12-18(28-20)9-19-13-27-21(29-19)25-11-15-3-7-17(23)8-4-15/h1-8,10-13H,9H2/b24-10+,25-11+. The molecule has 4 nitrogen and oxygen atoms in total. The molecular formula is C21H14Cl2N4S2. The highest BCUT2D eigenvalue weighted by molar-refractivity contribution is 7.16. The van der Waals surface area contributed by atoms with Gasteiger partial charge >= 0.3 is 0 Å². The number of halogens is 2. The quantitative estimate of drug-likeness (QED) is 0.293. The van der Waals surface area contributed by atoms with Gasteiger partial charge in [0, 0.05) is 51.0 Å². The molecule has 29 heavy (non-hydrogen) atoms. The van der Waals surface area contributed by atoms with Crippen molar-refractivity contribution in [3.63, 3.8) is 0 Å². The Morgan fingerprint density at radius 3 is 1.52 bits per heavy atom. The second kappa shape index (κ2) is 9.41. The zero-order valence-electron chi connectivity index (χ0n) is 15.0. The van der Waals surface area contributed by atoms with E-state index >= 15 is 0 Å². The third-order valence-electron chi connectivity index (χ3n) is 3.82. The molecule has 0 saturated carbocycles. The van der Waals surface area contributed by atoms with E-state index in [1.165, 1.54) is 0 Å². The van der Waals surface area contributed by atoms with Crippen molar-refractivity contribution in [3.8, 4) is 0 Å². The summed E-state index contributed by atoms with van der Waals surface area (Å²) >= 11 is 14.9. The van der Waals surface area contributed by atoms with Gasteiger partial charge in [0.15, 0.2) is 0 Å². The van der Waals surface area contributed by atoms with Crippen molar-refractivity contribution in [3.05, 3.63) is 91.9 Å². The predicted molar refractivity (Wildman–Crippen MR) is 124 cm³/mol. The Morgan fingerprint density at radius 1 is 0.690 bits per heavy atom. The van der Waals surface area contributed by atoms with Crippen LogP contribution >= 0.6 is 45.9 Å². The summed E-state index contributed by atoms with van der Waals surface area (Å²) in [5.41, 5.74) is 1.97. The minimum Gasteiger partial charge on any atom is -0.227 e. The third-order valence-corrected chi connectivity index (χ3v) is 6.13. The van der Waals surface area contributed by atoms with Gasteiger partial charge in [-0.3, -0.25) is 0 Å². The Morgan fingerprint density at radius 2 is 1.10 bits per heavy atom. The summed E-state index contributed by atoms with van der Waals surface area (Å²) in [7, 11) is 0. The second-order valence-corrected chi connectivity index (χ2v) is 9.07. The summed E-state index contributed by atoms with van der Waals surface area (Å²) < 4.78 is 0. The lowest BCUT2D eigenvalue weighted by Crippen LogP contribution is -1.78. The molecule has 4 rings (SSSR count). The van der Waals surface area contributed by atoms with Gasteiger partial charge in [-0.05, 0) is 35.4 Å². The Kier molecular flexibility index (Phi) is 6.46. The van der Waals surface area contributed by atoms with Crippen LogP contribution in [0.3, 0.4) is 0 Å². The molecule has 0 spiro atoms. The highest BCUT2D eigenvalue weighted by Gasteiger charge is 2.06. The normalized spacial score (nSPS) is 11.7. The molecule has 0 unspecified atom stereocenters. The maximum absolute atomic E-state index is 5.90. The minimum atomic E-state index is 0.708. The number of aromatic nitrogens is 2. The van der Waals surface area contributed by atoms with E-state index in [0.717, 1.165) is 37.6 Å². The topological polar surface area (TPSA) is 50.5 Å². The predicted octanol–water partition coefficient (Wildman–Crippen LogP) is 7.00. The molecule has 2 heterocycles. The molecule has 0 amide bonds. The second-order valence-electron chi connectivity index (χ2n) is 6.01. The molecule has 2 aromatic carbocycles. The number of thiazole rings is 2. The van der Waals surface area contributed by atoms with Crippen LogP contribution in [0.1, 0.15) is 20.9 Å². The zero-order valence-corrected chi connectivity index (χ0v) is 18.1. The van der Waals surface area contributed by atoms with Crippen LogP contribution in [0, 0.1) is 0 Å². The first-order valence-electron chi connectivity index (χ1n) is 8.63. The molecule has 4 aromatic rings. The molecule has 0 aliphatic heterocycles. The number of benzene rings is 2. The van der Waals surface area contributed by atoms with Crippen LogP contribution in [0.2, 0.25) is 10.0 Å². The van der Waals surface area contributed by atoms with E-state index in [-0.39, 0.29) is 0 Å². The van der Waals surface area contributed by atoms with Crippen molar-refractivity contribution in [2.45, 2.75) is 6.42 Å². The van der Waals surface area contributed by atoms with Gasteiger partial charge in [-0.1, -0.05) is 70.1 Å². The fourth-order valence-electron chi connectivity index (χ4n) is 2.41. The lowest BCUT2D eigenvalue weighted by Gasteiger charge is -1.92. The van der Waals surface area contributed by atoms with Crippen molar-refractivity contribution in [2.24, 2.45) is 9.98 Å². The molecule has 0 fully saturated rings. The fourth-order valence-corrected chi connectivity index (χ4v) is 4.31. The number of hydrogen-bond donors (Lipinski definition) is 0. The Hall–Kier alpha value is -2.38. The van der Waals surface area contributed by atoms with Gasteiger partial charge in [0.05, 0.1) is 0 Å². The molecular weight excluding hydrogens is 443 g/mol. The number of rotatable bonds is 6. The van der Waals surface area contributed by atoms with Crippen LogP contribution in [0.25, 0.3) is 0 Å². The number of nitrogens with zero attached hydrogens (tertiary/aromatic N) is 4. The maximum atomic E-state index is 5.90. The van der Waals surface area contributed by atoms with Gasteiger partial charge < -0.3 is 0 Å². The zero-order chi connectivity index (χ0) is 20.1. The van der Waals surface area contributed by atoms with Crippen LogP contribution in [0.15, 0.2) is 70.9 Å². The van der Waals surface area contributed by atoms with Gasteiger partial charge in [0.25, 0.3) is 0 Å². The number of aliphatic imine (C=N–C) groups is 2. The van der Waals surface area contributed by atoms with Gasteiger partial charge in [-0.15, -0.1) is 0 Å². The summed E-state index contributed by atoms with van der Waals surface area (Å²) in [6.45, 7) is 0. The average Bonchev–Trinajstić information content (AvgIpc) is 3.37. The van der Waals surface area contributed by atoms with Crippen LogP contribution < -0.4 is 0 Å². The smallest absolute Gasteiger partial charge is 0.209 e. The van der Waals surface area contributed by atoms with E-state index in [1.54, 1.807) is 35.1 Å². The van der Waals surface area contributed by atoms with Crippen LogP contribution in [0.4, 0.5) is 10.3 Å². The fraction of sp³-hybridized carbons (Fsp3) is 0.0476. The summed E-state index contributed by atoms with van der Waals surface area (Å²) in [5.74, 6) is 0. The highest BCUT2D eigenvalue weighted by Crippen LogP contribution is 2.28. The van der Waals surface area contributed by atoms with Crippen molar-refractivity contribution in [1.82, 2.24) is 9.97 Å². The van der Waals surface area contributed by atoms with E-state index in [1.807, 2.05) is 60.9 Å². The average molecular weight is 457 g/mol. The monoisotopic (exact) mass is 456 g/mol. The molecule has 0 N–H and O–H groups in total.